The van der Waals surface area contributed by atoms with E-state index in [1.807, 2.05) is 13.8 Å². The van der Waals surface area contributed by atoms with Gasteiger partial charge in [-0.1, -0.05) is 6.92 Å². The number of nitrogens with zero attached hydrogens (tertiary/aromatic N) is 1. The zero-order chi connectivity index (χ0) is 13.8. The molecular weight excluding hydrogens is 254 g/mol. The van der Waals surface area contributed by atoms with Gasteiger partial charge in [0.05, 0.1) is 6.26 Å². The average Bonchev–Trinajstić information content (AvgIpc) is 2.28. The van der Waals surface area contributed by atoms with Gasteiger partial charge in [-0.25, -0.2) is 17.5 Å². The van der Waals surface area contributed by atoms with Gasteiger partial charge in [0.1, 0.15) is 0 Å². The highest BCUT2D eigenvalue weighted by atomic mass is 32.2. The molecular formula is C11H23N3O3S. The molecule has 1 aliphatic heterocycles. The highest BCUT2D eigenvalue weighted by Crippen LogP contribution is 2.12. The molecule has 1 aliphatic rings. The molecule has 0 aromatic carbocycles. The van der Waals surface area contributed by atoms with Gasteiger partial charge in [0, 0.05) is 25.2 Å². The Hall–Kier alpha value is -0.820. The summed E-state index contributed by atoms with van der Waals surface area (Å²) in [4.78, 5) is 11.6. The molecule has 1 heterocycles. The standard InChI is InChI=1S/C11H23N3O3S/c1-4-9(2)12-11(15)13-10-5-7-14(8-6-10)18(3,16)17/h9-10H,4-8H2,1-3H3,(H2,12,13,15). The smallest absolute Gasteiger partial charge is 0.315 e. The van der Waals surface area contributed by atoms with Crippen molar-refractivity contribution in [3.63, 3.8) is 0 Å². The summed E-state index contributed by atoms with van der Waals surface area (Å²) in [5, 5.41) is 5.72. The normalized spacial score (nSPS) is 20.4. The summed E-state index contributed by atoms with van der Waals surface area (Å²) in [5.74, 6) is 0. The largest absolute Gasteiger partial charge is 0.336 e. The van der Waals surface area contributed by atoms with Gasteiger partial charge in [0.25, 0.3) is 0 Å². The molecule has 7 heteroatoms. The van der Waals surface area contributed by atoms with E-state index in [4.69, 9.17) is 0 Å². The van der Waals surface area contributed by atoms with Gasteiger partial charge in [0.15, 0.2) is 0 Å². The van der Waals surface area contributed by atoms with Gasteiger partial charge in [-0.05, 0) is 26.2 Å². The number of rotatable bonds is 4. The molecule has 106 valence electrons. The van der Waals surface area contributed by atoms with Crippen LogP contribution in [0, 0.1) is 0 Å². The molecule has 1 saturated heterocycles. The summed E-state index contributed by atoms with van der Waals surface area (Å²) in [6.45, 7) is 4.92. The van der Waals surface area contributed by atoms with Gasteiger partial charge in [-0.2, -0.15) is 0 Å². The average molecular weight is 277 g/mol. The van der Waals surface area contributed by atoms with E-state index >= 15 is 0 Å². The van der Waals surface area contributed by atoms with E-state index in [0.29, 0.717) is 25.9 Å². The van der Waals surface area contributed by atoms with Crippen LogP contribution in [-0.2, 0) is 10.0 Å². The Morgan fingerprint density at radius 1 is 1.39 bits per heavy atom. The molecule has 18 heavy (non-hydrogen) atoms. The first kappa shape index (κ1) is 15.2. The predicted molar refractivity (Wildman–Crippen MR) is 70.9 cm³/mol. The van der Waals surface area contributed by atoms with Crippen molar-refractivity contribution in [1.82, 2.24) is 14.9 Å². The summed E-state index contributed by atoms with van der Waals surface area (Å²) in [5.41, 5.74) is 0. The fourth-order valence-electron chi connectivity index (χ4n) is 1.88. The van der Waals surface area contributed by atoms with E-state index in [1.165, 1.54) is 10.6 Å². The van der Waals surface area contributed by atoms with Crippen molar-refractivity contribution in [3.05, 3.63) is 0 Å². The second kappa shape index (κ2) is 6.38. The lowest BCUT2D eigenvalue weighted by molar-refractivity contribution is 0.224. The lowest BCUT2D eigenvalue weighted by atomic mass is 10.1. The van der Waals surface area contributed by atoms with Crippen LogP contribution in [0.3, 0.4) is 0 Å². The van der Waals surface area contributed by atoms with Crippen molar-refractivity contribution in [2.75, 3.05) is 19.3 Å². The number of urea groups is 1. The van der Waals surface area contributed by atoms with Crippen molar-refractivity contribution in [2.24, 2.45) is 0 Å². The van der Waals surface area contributed by atoms with E-state index in [2.05, 4.69) is 10.6 Å². The lowest BCUT2D eigenvalue weighted by Crippen LogP contribution is -2.50. The van der Waals surface area contributed by atoms with Gasteiger partial charge < -0.3 is 10.6 Å². The Morgan fingerprint density at radius 2 is 1.94 bits per heavy atom. The maximum Gasteiger partial charge on any atom is 0.315 e. The van der Waals surface area contributed by atoms with Crippen LogP contribution in [-0.4, -0.2) is 50.2 Å². The van der Waals surface area contributed by atoms with Crippen molar-refractivity contribution in [1.29, 1.82) is 0 Å². The predicted octanol–water partition coefficient (Wildman–Crippen LogP) is 0.508. The first-order chi connectivity index (χ1) is 8.32. The van der Waals surface area contributed by atoms with Crippen LogP contribution in [0.15, 0.2) is 0 Å². The first-order valence-electron chi connectivity index (χ1n) is 6.35. The number of piperidine rings is 1. The summed E-state index contributed by atoms with van der Waals surface area (Å²) in [7, 11) is -3.10. The number of sulfonamides is 1. The molecule has 0 spiro atoms. The SMILES string of the molecule is CCC(C)NC(=O)NC1CCN(S(C)(=O)=O)CC1. The zero-order valence-electron chi connectivity index (χ0n) is 11.3. The van der Waals surface area contributed by atoms with E-state index in [0.717, 1.165) is 6.42 Å². The van der Waals surface area contributed by atoms with Crippen molar-refractivity contribution in [2.45, 2.75) is 45.2 Å². The summed E-state index contributed by atoms with van der Waals surface area (Å²) < 4.78 is 24.1. The van der Waals surface area contributed by atoms with Crippen LogP contribution in [0.2, 0.25) is 0 Å². The highest BCUT2D eigenvalue weighted by molar-refractivity contribution is 7.88. The topological polar surface area (TPSA) is 78.5 Å². The maximum atomic E-state index is 11.6. The van der Waals surface area contributed by atoms with E-state index in [1.54, 1.807) is 0 Å². The number of hydrogen-bond donors (Lipinski definition) is 2. The van der Waals surface area contributed by atoms with Gasteiger partial charge in [-0.3, -0.25) is 0 Å². The summed E-state index contributed by atoms with van der Waals surface area (Å²) >= 11 is 0. The molecule has 2 amide bonds. The van der Waals surface area contributed by atoms with Crippen LogP contribution in [0.25, 0.3) is 0 Å². The Bertz CT molecular complexity index is 375. The molecule has 2 N–H and O–H groups in total. The van der Waals surface area contributed by atoms with E-state index in [-0.39, 0.29) is 18.1 Å². The number of carbonyl (C=O) groups is 1. The third-order valence-corrected chi connectivity index (χ3v) is 4.55. The molecule has 0 aromatic heterocycles. The van der Waals surface area contributed by atoms with Gasteiger partial charge in [0.2, 0.25) is 10.0 Å². The second-order valence-corrected chi connectivity index (χ2v) is 6.85. The lowest BCUT2D eigenvalue weighted by Gasteiger charge is -2.30. The van der Waals surface area contributed by atoms with Crippen LogP contribution < -0.4 is 10.6 Å². The number of carbonyl (C=O) groups excluding carboxylic acids is 1. The van der Waals surface area contributed by atoms with Crippen LogP contribution >= 0.6 is 0 Å². The fourth-order valence-corrected chi connectivity index (χ4v) is 2.76. The fraction of sp³-hybridized carbons (Fsp3) is 0.909. The van der Waals surface area contributed by atoms with Crippen LogP contribution in [0.1, 0.15) is 33.1 Å². The molecule has 1 unspecified atom stereocenters. The quantitative estimate of drug-likeness (QED) is 0.786. The third-order valence-electron chi connectivity index (χ3n) is 3.25. The minimum absolute atomic E-state index is 0.0621. The van der Waals surface area contributed by atoms with Crippen molar-refractivity contribution >= 4 is 16.1 Å². The zero-order valence-corrected chi connectivity index (χ0v) is 12.1. The third kappa shape index (κ3) is 4.81. The van der Waals surface area contributed by atoms with Crippen molar-refractivity contribution < 1.29 is 13.2 Å². The summed E-state index contributed by atoms with van der Waals surface area (Å²) in [6, 6.07) is 0.0512. The molecule has 1 fully saturated rings. The highest BCUT2D eigenvalue weighted by Gasteiger charge is 2.25. The van der Waals surface area contributed by atoms with E-state index < -0.39 is 10.0 Å². The van der Waals surface area contributed by atoms with Crippen LogP contribution in [0.4, 0.5) is 4.79 Å². The molecule has 0 bridgehead atoms. The number of hydrogen-bond acceptors (Lipinski definition) is 3. The Balaban J connectivity index is 2.34. The van der Waals surface area contributed by atoms with Crippen molar-refractivity contribution in [3.8, 4) is 0 Å². The summed E-state index contributed by atoms with van der Waals surface area (Å²) in [6.07, 6.45) is 3.44. The Kier molecular flexibility index (Phi) is 5.40. The maximum absolute atomic E-state index is 11.6. The first-order valence-corrected chi connectivity index (χ1v) is 8.20. The monoisotopic (exact) mass is 277 g/mol. The van der Waals surface area contributed by atoms with E-state index in [9.17, 15) is 13.2 Å². The number of amides is 2. The molecule has 0 aliphatic carbocycles. The minimum atomic E-state index is -3.10. The molecule has 0 radical (unpaired) electrons. The Morgan fingerprint density at radius 3 is 2.39 bits per heavy atom. The molecule has 1 rings (SSSR count). The molecule has 1 atom stereocenters. The minimum Gasteiger partial charge on any atom is -0.336 e. The van der Waals surface area contributed by atoms with Crippen LogP contribution in [0.5, 0.6) is 0 Å². The second-order valence-electron chi connectivity index (χ2n) is 4.86. The molecule has 0 saturated carbocycles. The molecule has 6 nitrogen and oxygen atoms in total. The Labute approximate surface area is 109 Å². The number of nitrogens with one attached hydrogen (secondary N) is 2. The van der Waals surface area contributed by atoms with Gasteiger partial charge >= 0.3 is 6.03 Å². The molecule has 0 aromatic rings. The van der Waals surface area contributed by atoms with Gasteiger partial charge in [-0.15, -0.1) is 0 Å².